The number of halogens is 2. The summed E-state index contributed by atoms with van der Waals surface area (Å²) in [5.74, 6) is 1.77. The van der Waals surface area contributed by atoms with E-state index in [1.165, 1.54) is 48.9 Å². The third-order valence-electron chi connectivity index (χ3n) is 6.34. The van der Waals surface area contributed by atoms with Crippen LogP contribution in [0.25, 0.3) is 0 Å². The monoisotopic (exact) mass is 497 g/mol. The molecule has 31 heavy (non-hydrogen) atoms. The predicted octanol–water partition coefficient (Wildman–Crippen LogP) is 7.77. The van der Waals surface area contributed by atoms with E-state index in [2.05, 4.69) is 80.6 Å². The summed E-state index contributed by atoms with van der Waals surface area (Å²) in [4.78, 5) is 9.13. The lowest BCUT2D eigenvalue weighted by Crippen LogP contribution is -2.26. The van der Waals surface area contributed by atoms with Crippen LogP contribution < -0.4 is 5.32 Å². The fraction of sp³-hybridized carbons (Fsp3) is 0.385. The van der Waals surface area contributed by atoms with Crippen LogP contribution in [0.1, 0.15) is 67.7 Å². The van der Waals surface area contributed by atoms with E-state index in [4.69, 9.17) is 11.6 Å². The highest BCUT2D eigenvalue weighted by atomic mass is 79.9. The van der Waals surface area contributed by atoms with Crippen LogP contribution in [-0.2, 0) is 6.42 Å². The van der Waals surface area contributed by atoms with E-state index in [-0.39, 0.29) is 12.0 Å². The van der Waals surface area contributed by atoms with E-state index in [1.54, 1.807) is 6.33 Å². The van der Waals surface area contributed by atoms with E-state index in [9.17, 15) is 0 Å². The first-order valence-corrected chi connectivity index (χ1v) is 12.3. The van der Waals surface area contributed by atoms with Gasteiger partial charge in [-0.1, -0.05) is 71.1 Å². The van der Waals surface area contributed by atoms with Crippen molar-refractivity contribution in [1.82, 2.24) is 9.97 Å². The topological polar surface area (TPSA) is 37.8 Å². The Morgan fingerprint density at radius 3 is 2.55 bits per heavy atom. The Hall–Kier alpha value is -1.91. The van der Waals surface area contributed by atoms with Crippen molar-refractivity contribution in [2.75, 3.05) is 5.32 Å². The molecule has 162 valence electrons. The van der Waals surface area contributed by atoms with Crippen molar-refractivity contribution in [2.24, 2.45) is 0 Å². The summed E-state index contributed by atoms with van der Waals surface area (Å²) in [5, 5.41) is 4.45. The summed E-state index contributed by atoms with van der Waals surface area (Å²) in [7, 11) is 0. The molecule has 1 N–H and O–H groups in total. The highest BCUT2D eigenvalue weighted by Crippen LogP contribution is 2.33. The molecule has 1 aliphatic rings. The third-order valence-corrected chi connectivity index (χ3v) is 7.08. The van der Waals surface area contributed by atoms with E-state index in [0.29, 0.717) is 5.92 Å². The van der Waals surface area contributed by atoms with Crippen molar-refractivity contribution >= 4 is 33.3 Å². The van der Waals surface area contributed by atoms with Crippen molar-refractivity contribution in [2.45, 2.75) is 63.3 Å². The molecule has 0 unspecified atom stereocenters. The van der Waals surface area contributed by atoms with Gasteiger partial charge in [0.15, 0.2) is 0 Å². The van der Waals surface area contributed by atoms with Gasteiger partial charge in [-0.25, -0.2) is 9.97 Å². The summed E-state index contributed by atoms with van der Waals surface area (Å²) in [6, 6.07) is 19.1. The summed E-state index contributed by atoms with van der Waals surface area (Å²) in [5.41, 5.74) is 3.75. The smallest absolute Gasteiger partial charge is 0.129 e. The van der Waals surface area contributed by atoms with Gasteiger partial charge in [0.2, 0.25) is 0 Å². The molecule has 1 saturated carbocycles. The van der Waals surface area contributed by atoms with Crippen LogP contribution in [0.2, 0.25) is 5.02 Å². The van der Waals surface area contributed by atoms with Gasteiger partial charge in [-0.3, -0.25) is 0 Å². The Kier molecular flexibility index (Phi) is 7.62. The molecule has 0 bridgehead atoms. The quantitative estimate of drug-likeness (QED) is 0.361. The van der Waals surface area contributed by atoms with Crippen molar-refractivity contribution < 1.29 is 0 Å². The molecule has 1 fully saturated rings. The maximum Gasteiger partial charge on any atom is 0.129 e. The summed E-state index contributed by atoms with van der Waals surface area (Å²) in [6.45, 7) is 2.24. The van der Waals surface area contributed by atoms with Crippen LogP contribution in [0.4, 0.5) is 5.82 Å². The van der Waals surface area contributed by atoms with Crippen molar-refractivity contribution in [1.29, 1.82) is 0 Å². The molecule has 3 nitrogen and oxygen atoms in total. The number of hydrogen-bond donors (Lipinski definition) is 1. The summed E-state index contributed by atoms with van der Waals surface area (Å²) < 4.78 is 1.10. The van der Waals surface area contributed by atoms with Gasteiger partial charge in [-0.15, -0.1) is 0 Å². The maximum absolute atomic E-state index is 6.10. The Morgan fingerprint density at radius 2 is 1.81 bits per heavy atom. The van der Waals surface area contributed by atoms with Gasteiger partial charge in [0.05, 0.1) is 0 Å². The molecule has 2 atom stereocenters. The minimum Gasteiger partial charge on any atom is -0.367 e. The lowest BCUT2D eigenvalue weighted by atomic mass is 9.86. The van der Waals surface area contributed by atoms with Gasteiger partial charge >= 0.3 is 0 Å². The van der Waals surface area contributed by atoms with E-state index >= 15 is 0 Å². The molecule has 0 saturated heterocycles. The fourth-order valence-electron chi connectivity index (χ4n) is 4.60. The second-order valence-electron chi connectivity index (χ2n) is 8.59. The number of aromatic nitrogens is 2. The van der Waals surface area contributed by atoms with Crippen LogP contribution in [0.15, 0.2) is 65.4 Å². The highest BCUT2D eigenvalue weighted by molar-refractivity contribution is 9.10. The highest BCUT2D eigenvalue weighted by Gasteiger charge is 2.22. The summed E-state index contributed by atoms with van der Waals surface area (Å²) in [6.07, 6.45) is 9.07. The number of nitrogens with zero attached hydrogens (tertiary/aromatic N) is 2. The van der Waals surface area contributed by atoms with Crippen LogP contribution in [0, 0.1) is 0 Å². The molecule has 3 aromatic rings. The zero-order valence-corrected chi connectivity index (χ0v) is 20.2. The molecule has 1 aliphatic carbocycles. The maximum atomic E-state index is 6.10. The van der Waals surface area contributed by atoms with Gasteiger partial charge in [-0.05, 0) is 61.6 Å². The van der Waals surface area contributed by atoms with Crippen LogP contribution >= 0.6 is 27.5 Å². The Labute approximate surface area is 198 Å². The molecule has 0 radical (unpaired) electrons. The fourth-order valence-corrected chi connectivity index (χ4v) is 5.14. The first kappa shape index (κ1) is 22.3. The van der Waals surface area contributed by atoms with E-state index < -0.39 is 0 Å². The average Bonchev–Trinajstić information content (AvgIpc) is 2.79. The minimum absolute atomic E-state index is 0.194. The van der Waals surface area contributed by atoms with Gasteiger partial charge in [0, 0.05) is 39.1 Å². The lowest BCUT2D eigenvalue weighted by molar-refractivity contribution is 0.436. The van der Waals surface area contributed by atoms with Gasteiger partial charge in [0.1, 0.15) is 12.1 Å². The zero-order chi connectivity index (χ0) is 21.6. The average molecular weight is 499 g/mol. The van der Waals surface area contributed by atoms with Gasteiger partial charge in [-0.2, -0.15) is 0 Å². The first-order chi connectivity index (χ1) is 15.1. The van der Waals surface area contributed by atoms with Crippen LogP contribution in [-0.4, -0.2) is 16.0 Å². The normalized spacial score (nSPS) is 16.6. The zero-order valence-electron chi connectivity index (χ0n) is 17.9. The molecule has 2 aromatic carbocycles. The molecular formula is C26H29BrClN3. The third kappa shape index (κ3) is 6.08. The molecule has 4 rings (SSSR count). The van der Waals surface area contributed by atoms with E-state index in [0.717, 1.165) is 21.7 Å². The Balaban J connectivity index is 1.55. The Morgan fingerprint density at radius 1 is 1.03 bits per heavy atom. The van der Waals surface area contributed by atoms with Gasteiger partial charge in [0.25, 0.3) is 0 Å². The van der Waals surface area contributed by atoms with Crippen molar-refractivity contribution in [3.05, 3.63) is 87.2 Å². The molecule has 5 heteroatoms. The molecule has 0 amide bonds. The number of rotatable bonds is 7. The minimum atomic E-state index is 0.194. The number of benzene rings is 2. The first-order valence-electron chi connectivity index (χ1n) is 11.2. The van der Waals surface area contributed by atoms with Crippen LogP contribution in [0.5, 0.6) is 0 Å². The number of anilines is 1. The molecule has 1 heterocycles. The van der Waals surface area contributed by atoms with Crippen LogP contribution in [0.3, 0.4) is 0 Å². The summed E-state index contributed by atoms with van der Waals surface area (Å²) >= 11 is 9.74. The Bertz CT molecular complexity index is 986. The standard InChI is InChI=1S/C26H29BrClN3/c1-18(31-26-16-25(29-17-30-26)20-6-3-2-4-7-20)24(21-8-5-9-22(27)15-21)14-19-10-12-23(28)13-11-19/h5,8-13,15-18,20,24H,2-4,6-7,14H2,1H3,(H,29,30,31)/t18-,24+/m0/s1. The predicted molar refractivity (Wildman–Crippen MR) is 133 cm³/mol. The second-order valence-corrected chi connectivity index (χ2v) is 9.94. The molecule has 0 aliphatic heterocycles. The SMILES string of the molecule is C[C@H](Nc1cc(C2CCCCC2)ncn1)[C@@H](Cc1ccc(Cl)cc1)c1cccc(Br)c1. The largest absolute Gasteiger partial charge is 0.367 e. The second kappa shape index (κ2) is 10.6. The van der Waals surface area contributed by atoms with Crippen molar-refractivity contribution in [3.63, 3.8) is 0 Å². The van der Waals surface area contributed by atoms with E-state index in [1.807, 2.05) is 12.1 Å². The molecule has 0 spiro atoms. The number of nitrogens with one attached hydrogen (secondary N) is 1. The number of hydrogen-bond acceptors (Lipinski definition) is 3. The lowest BCUT2D eigenvalue weighted by Gasteiger charge is -2.27. The van der Waals surface area contributed by atoms with Crippen molar-refractivity contribution in [3.8, 4) is 0 Å². The molecule has 1 aromatic heterocycles. The molecular weight excluding hydrogens is 470 g/mol. The van der Waals surface area contributed by atoms with Gasteiger partial charge < -0.3 is 5.32 Å².